The molecule has 0 saturated heterocycles. The molecule has 0 aliphatic heterocycles. The normalized spacial score (nSPS) is 11.0. The molecule has 1 aromatic heterocycles. The average molecular weight is 515 g/mol. The lowest BCUT2D eigenvalue weighted by Crippen LogP contribution is -2.17. The number of hydrogen-bond acceptors (Lipinski definition) is 7. The number of amides is 1. The number of carbonyl (C=O) groups is 1. The number of aromatic nitrogens is 3. The number of nitrogen functional groups attached to an aromatic ring is 1. The Morgan fingerprint density at radius 2 is 2.03 bits per heavy atom. The number of thioether (sulfide) groups is 1. The van der Waals surface area contributed by atoms with Gasteiger partial charge < -0.3 is 11.2 Å². The molecule has 150 valence electrons. The van der Waals surface area contributed by atoms with Gasteiger partial charge in [-0.25, -0.2) is 10.1 Å². The number of nitrogens with one attached hydrogen (secondary N) is 2. The van der Waals surface area contributed by atoms with Crippen molar-refractivity contribution in [2.75, 3.05) is 22.3 Å². The highest BCUT2D eigenvalue weighted by molar-refractivity contribution is 9.10. The molecular weight excluding hydrogens is 501 g/mol. The molecular formula is C17H14BrCl2N7OS. The van der Waals surface area contributed by atoms with Gasteiger partial charge in [-0.05, 0) is 34.1 Å². The Morgan fingerprint density at radius 1 is 1.24 bits per heavy atom. The number of nitrogens with zero attached hydrogens (tertiary/aromatic N) is 4. The zero-order chi connectivity index (χ0) is 20.8. The van der Waals surface area contributed by atoms with Crippen LogP contribution in [0.15, 0.2) is 57.2 Å². The molecule has 3 rings (SSSR count). The van der Waals surface area contributed by atoms with E-state index in [4.69, 9.17) is 29.0 Å². The Labute approximate surface area is 189 Å². The standard InChI is InChI=1S/C17H14BrCl2N7OS/c18-11-5-1-2-7-13(11)23-14(28)9-29-17-26-25-16(27(17)21)24-22-8-10-4-3-6-12(19)15(10)20/h1-8H,9,21H2,(H,23,28)(H,24,25)/b22-8+. The predicted octanol–water partition coefficient (Wildman–Crippen LogP) is 4.24. The molecule has 2 aromatic carbocycles. The number of hydrazone groups is 1. The Morgan fingerprint density at radius 3 is 2.83 bits per heavy atom. The van der Waals surface area contributed by atoms with Crippen LogP contribution in [0, 0.1) is 0 Å². The molecule has 0 bridgehead atoms. The number of hydrogen-bond donors (Lipinski definition) is 3. The van der Waals surface area contributed by atoms with Gasteiger partial charge in [-0.3, -0.25) is 4.79 Å². The summed E-state index contributed by atoms with van der Waals surface area (Å²) in [5, 5.41) is 15.9. The lowest BCUT2D eigenvalue weighted by molar-refractivity contribution is -0.113. The van der Waals surface area contributed by atoms with E-state index >= 15 is 0 Å². The number of rotatable bonds is 7. The van der Waals surface area contributed by atoms with Crippen LogP contribution in [-0.2, 0) is 4.79 Å². The van der Waals surface area contributed by atoms with Crippen LogP contribution in [0.4, 0.5) is 11.6 Å². The first-order valence-corrected chi connectivity index (χ1v) is 10.6. The number of benzene rings is 2. The van der Waals surface area contributed by atoms with Crippen LogP contribution in [0.2, 0.25) is 10.0 Å². The van der Waals surface area contributed by atoms with Crippen LogP contribution in [0.1, 0.15) is 5.56 Å². The second kappa shape index (κ2) is 9.97. The van der Waals surface area contributed by atoms with Crippen molar-refractivity contribution in [1.82, 2.24) is 14.9 Å². The second-order valence-corrected chi connectivity index (χ2v) is 8.09. The van der Waals surface area contributed by atoms with Gasteiger partial charge >= 0.3 is 0 Å². The summed E-state index contributed by atoms with van der Waals surface area (Å²) in [6.45, 7) is 0. The van der Waals surface area contributed by atoms with E-state index in [-0.39, 0.29) is 17.6 Å². The van der Waals surface area contributed by atoms with Gasteiger partial charge in [-0.2, -0.15) is 5.10 Å². The molecule has 29 heavy (non-hydrogen) atoms. The summed E-state index contributed by atoms with van der Waals surface area (Å²) in [5.74, 6) is 6.06. The van der Waals surface area contributed by atoms with E-state index in [1.54, 1.807) is 24.3 Å². The zero-order valence-electron chi connectivity index (χ0n) is 14.6. The lowest BCUT2D eigenvalue weighted by atomic mass is 10.2. The summed E-state index contributed by atoms with van der Waals surface area (Å²) >= 11 is 16.6. The molecule has 0 aliphatic carbocycles. The molecule has 0 saturated carbocycles. The summed E-state index contributed by atoms with van der Waals surface area (Å²) in [4.78, 5) is 12.1. The van der Waals surface area contributed by atoms with Crippen molar-refractivity contribution < 1.29 is 4.79 Å². The average Bonchev–Trinajstić information content (AvgIpc) is 3.05. The maximum atomic E-state index is 12.1. The maximum absolute atomic E-state index is 12.1. The second-order valence-electron chi connectivity index (χ2n) is 5.51. The Hall–Kier alpha value is -2.27. The molecule has 3 aromatic rings. The number of nitrogens with two attached hydrogens (primary N) is 1. The van der Waals surface area contributed by atoms with E-state index in [0.717, 1.165) is 16.2 Å². The molecule has 0 unspecified atom stereocenters. The molecule has 0 spiro atoms. The Balaban J connectivity index is 1.56. The highest BCUT2D eigenvalue weighted by Crippen LogP contribution is 2.24. The number of para-hydroxylation sites is 1. The molecule has 1 amide bonds. The SMILES string of the molecule is Nn1c(N/N=C/c2cccc(Cl)c2Cl)nnc1SCC(=O)Nc1ccccc1Br. The Kier molecular flexibility index (Phi) is 7.37. The van der Waals surface area contributed by atoms with Crippen molar-refractivity contribution in [2.24, 2.45) is 5.10 Å². The summed E-state index contributed by atoms with van der Waals surface area (Å²) in [7, 11) is 0. The highest BCUT2D eigenvalue weighted by atomic mass is 79.9. The van der Waals surface area contributed by atoms with Gasteiger partial charge in [0.05, 0.1) is 27.7 Å². The molecule has 0 aliphatic rings. The van der Waals surface area contributed by atoms with Crippen molar-refractivity contribution >= 4 is 74.7 Å². The van der Waals surface area contributed by atoms with Gasteiger partial charge in [-0.1, -0.05) is 59.2 Å². The van der Waals surface area contributed by atoms with Crippen molar-refractivity contribution in [1.29, 1.82) is 0 Å². The third-order valence-electron chi connectivity index (χ3n) is 3.49. The molecule has 0 atom stereocenters. The summed E-state index contributed by atoms with van der Waals surface area (Å²) in [6, 6.07) is 12.5. The number of anilines is 2. The van der Waals surface area contributed by atoms with Crippen molar-refractivity contribution in [3.05, 3.63) is 62.5 Å². The molecule has 1 heterocycles. The molecule has 12 heteroatoms. The van der Waals surface area contributed by atoms with Gasteiger partial charge in [0.15, 0.2) is 0 Å². The monoisotopic (exact) mass is 513 g/mol. The molecule has 0 fully saturated rings. The third-order valence-corrected chi connectivity index (χ3v) is 5.96. The van der Waals surface area contributed by atoms with Gasteiger partial charge in [0, 0.05) is 10.0 Å². The van der Waals surface area contributed by atoms with E-state index in [1.807, 2.05) is 18.2 Å². The van der Waals surface area contributed by atoms with E-state index < -0.39 is 0 Å². The molecule has 8 nitrogen and oxygen atoms in total. The fraction of sp³-hybridized carbons (Fsp3) is 0.0588. The van der Waals surface area contributed by atoms with Crippen LogP contribution >= 0.6 is 50.9 Å². The van der Waals surface area contributed by atoms with Crippen molar-refractivity contribution in [2.45, 2.75) is 5.16 Å². The quantitative estimate of drug-likeness (QED) is 0.188. The van der Waals surface area contributed by atoms with Crippen LogP contribution in [0.25, 0.3) is 0 Å². The first kappa shape index (κ1) is 21.4. The topological polar surface area (TPSA) is 110 Å². The molecule has 4 N–H and O–H groups in total. The van der Waals surface area contributed by atoms with E-state index in [2.05, 4.69) is 42.0 Å². The Bertz CT molecular complexity index is 1060. The fourth-order valence-electron chi connectivity index (χ4n) is 2.11. The smallest absolute Gasteiger partial charge is 0.264 e. The first-order valence-electron chi connectivity index (χ1n) is 8.06. The van der Waals surface area contributed by atoms with Crippen molar-refractivity contribution in [3.8, 4) is 0 Å². The van der Waals surface area contributed by atoms with Crippen LogP contribution < -0.4 is 16.6 Å². The largest absolute Gasteiger partial charge is 0.334 e. The maximum Gasteiger partial charge on any atom is 0.264 e. The van der Waals surface area contributed by atoms with Gasteiger partial charge in [0.2, 0.25) is 11.1 Å². The minimum absolute atomic E-state index is 0.109. The summed E-state index contributed by atoms with van der Waals surface area (Å²) < 4.78 is 2.00. The summed E-state index contributed by atoms with van der Waals surface area (Å²) in [5.41, 5.74) is 3.99. The first-order chi connectivity index (χ1) is 14.0. The minimum atomic E-state index is -0.201. The van der Waals surface area contributed by atoms with Gasteiger partial charge in [0.25, 0.3) is 5.95 Å². The van der Waals surface area contributed by atoms with E-state index in [1.165, 1.54) is 10.9 Å². The lowest BCUT2D eigenvalue weighted by Gasteiger charge is -2.06. The predicted molar refractivity (Wildman–Crippen MR) is 121 cm³/mol. The van der Waals surface area contributed by atoms with E-state index in [9.17, 15) is 4.79 Å². The fourth-order valence-corrected chi connectivity index (χ4v) is 3.51. The van der Waals surface area contributed by atoms with Crippen LogP contribution in [0.3, 0.4) is 0 Å². The minimum Gasteiger partial charge on any atom is -0.334 e. The third kappa shape index (κ3) is 5.63. The van der Waals surface area contributed by atoms with E-state index in [0.29, 0.717) is 26.5 Å². The van der Waals surface area contributed by atoms with Crippen molar-refractivity contribution in [3.63, 3.8) is 0 Å². The highest BCUT2D eigenvalue weighted by Gasteiger charge is 2.13. The number of carbonyl (C=O) groups excluding carboxylic acids is 1. The summed E-state index contributed by atoms with van der Waals surface area (Å²) in [6.07, 6.45) is 1.49. The van der Waals surface area contributed by atoms with Gasteiger partial charge in [0.1, 0.15) is 0 Å². The van der Waals surface area contributed by atoms with Crippen LogP contribution in [0.5, 0.6) is 0 Å². The molecule has 0 radical (unpaired) electrons. The van der Waals surface area contributed by atoms with Crippen LogP contribution in [-0.4, -0.2) is 32.7 Å². The van der Waals surface area contributed by atoms with Gasteiger partial charge in [-0.15, -0.1) is 10.2 Å². The zero-order valence-corrected chi connectivity index (χ0v) is 18.6. The number of halogens is 3.